The van der Waals surface area contributed by atoms with Gasteiger partial charge in [0, 0.05) is 55.4 Å². The summed E-state index contributed by atoms with van der Waals surface area (Å²) in [6, 6.07) is 60.4. The molecule has 0 spiro atoms. The van der Waals surface area contributed by atoms with E-state index >= 15 is 4.79 Å². The lowest BCUT2D eigenvalue weighted by atomic mass is 9.88. The van der Waals surface area contributed by atoms with Crippen molar-refractivity contribution in [2.75, 3.05) is 4.90 Å². The molecule has 2 aliphatic rings. The Kier molecular flexibility index (Phi) is 7.25. The zero-order valence-electron chi connectivity index (χ0n) is 34.3. The molecule has 0 saturated carbocycles. The Morgan fingerprint density at radius 1 is 0.484 bits per heavy atom. The molecule has 14 rings (SSSR count). The molecule has 1 aliphatic heterocycles. The van der Waals surface area contributed by atoms with Gasteiger partial charge in [-0.3, -0.25) is 4.79 Å². The van der Waals surface area contributed by atoms with E-state index in [1.54, 1.807) is 0 Å². The molecule has 7 nitrogen and oxygen atoms in total. The van der Waals surface area contributed by atoms with Crippen molar-refractivity contribution in [3.05, 3.63) is 216 Å². The molecule has 2 atom stereocenters. The van der Waals surface area contributed by atoms with Gasteiger partial charge in [-0.05, 0) is 60.0 Å². The number of nitrogens with zero attached hydrogens (tertiary/aromatic N) is 5. The first-order chi connectivity index (χ1) is 31.7. The fourth-order valence-electron chi connectivity index (χ4n) is 10.9. The molecular formula is C57H35N5O2. The molecule has 7 heteroatoms. The Balaban J connectivity index is 1.17. The van der Waals surface area contributed by atoms with Crippen LogP contribution >= 0.6 is 0 Å². The molecule has 2 unspecified atom stereocenters. The Labute approximate surface area is 365 Å². The molecule has 8 aromatic carbocycles. The number of allylic oxidation sites excluding steroid dienone is 2. The molecular weight excluding hydrogens is 787 g/mol. The zero-order chi connectivity index (χ0) is 42.0. The molecule has 0 N–H and O–H groups in total. The maximum atomic E-state index is 16.4. The number of fused-ring (bicyclic) bond motifs is 15. The van der Waals surface area contributed by atoms with Crippen LogP contribution in [-0.2, 0) is 0 Å². The second kappa shape index (κ2) is 13.2. The minimum absolute atomic E-state index is 0.00631. The summed E-state index contributed by atoms with van der Waals surface area (Å²) in [7, 11) is 0. The molecule has 4 aromatic heterocycles. The summed E-state index contributed by atoms with van der Waals surface area (Å²) in [4.78, 5) is 29.5. The van der Waals surface area contributed by atoms with E-state index in [9.17, 15) is 0 Å². The van der Waals surface area contributed by atoms with Crippen LogP contribution in [0.5, 0.6) is 0 Å². The lowest BCUT2D eigenvalue weighted by Gasteiger charge is -2.28. The summed E-state index contributed by atoms with van der Waals surface area (Å²) in [6.07, 6.45) is 8.81. The second-order valence-electron chi connectivity index (χ2n) is 16.8. The molecule has 0 amide bonds. The highest BCUT2D eigenvalue weighted by atomic mass is 16.3. The Bertz CT molecular complexity index is 4070. The standard InChI is InChI=1S/C57H35N5O2/c63-56-53-36(30-32-46-51(53)39-21-8-13-26-44(39)61(46)45-27-15-29-49-50(45)41-23-10-14-28-48(41)64-49)37-31-33-47-52(40-22-9-12-25-43(40)60(47)35-18-5-2-6-19-35)55(37)62(56)57-58-42-24-11-7-20-38(42)54(59-57)34-16-3-1-4-17-34/h1-33,40,43H. The van der Waals surface area contributed by atoms with Gasteiger partial charge in [-0.15, -0.1) is 0 Å². The molecule has 0 bridgehead atoms. The van der Waals surface area contributed by atoms with Crippen molar-refractivity contribution < 1.29 is 4.42 Å². The summed E-state index contributed by atoms with van der Waals surface area (Å²) in [5, 5.41) is 7.32. The predicted molar refractivity (Wildman–Crippen MR) is 261 cm³/mol. The van der Waals surface area contributed by atoms with Crippen LogP contribution in [0.15, 0.2) is 209 Å². The van der Waals surface area contributed by atoms with Gasteiger partial charge >= 0.3 is 0 Å². The first kappa shape index (κ1) is 35.1. The van der Waals surface area contributed by atoms with Gasteiger partial charge in [-0.1, -0.05) is 146 Å². The minimum Gasteiger partial charge on any atom is -0.456 e. The van der Waals surface area contributed by atoms with Crippen LogP contribution in [-0.4, -0.2) is 25.1 Å². The summed E-state index contributed by atoms with van der Waals surface area (Å²) < 4.78 is 10.5. The van der Waals surface area contributed by atoms with Gasteiger partial charge in [-0.2, -0.15) is 0 Å². The fraction of sp³-hybridized carbons (Fsp3) is 0.0351. The van der Waals surface area contributed by atoms with Crippen LogP contribution in [0.1, 0.15) is 11.5 Å². The maximum Gasteiger partial charge on any atom is 0.266 e. The molecule has 0 saturated heterocycles. The smallest absolute Gasteiger partial charge is 0.266 e. The quantitative estimate of drug-likeness (QED) is 0.165. The van der Waals surface area contributed by atoms with Gasteiger partial charge < -0.3 is 13.9 Å². The van der Waals surface area contributed by atoms with Crippen molar-refractivity contribution in [3.8, 4) is 22.9 Å². The Hall–Kier alpha value is -8.55. The van der Waals surface area contributed by atoms with Crippen LogP contribution < -0.4 is 10.5 Å². The number of aromatic nitrogens is 4. The van der Waals surface area contributed by atoms with Crippen molar-refractivity contribution in [2.45, 2.75) is 12.0 Å². The van der Waals surface area contributed by atoms with E-state index in [4.69, 9.17) is 14.4 Å². The van der Waals surface area contributed by atoms with Crippen molar-refractivity contribution in [1.82, 2.24) is 19.1 Å². The Morgan fingerprint density at radius 3 is 2.08 bits per heavy atom. The van der Waals surface area contributed by atoms with Gasteiger partial charge in [0.2, 0.25) is 5.95 Å². The molecule has 64 heavy (non-hydrogen) atoms. The SMILES string of the molecule is O=c1c2c(ccc3c2c2ccccc2n3-c2cccc3oc4ccccc4c23)c2ccc3c(c2n1-c1nc(-c2ccccc2)c2ccccc2n1)C1C=CC=CC1N3c1ccccc1. The Morgan fingerprint density at radius 2 is 1.20 bits per heavy atom. The van der Waals surface area contributed by atoms with Crippen LogP contribution in [0.4, 0.5) is 11.4 Å². The van der Waals surface area contributed by atoms with Crippen LogP contribution in [0.2, 0.25) is 0 Å². The zero-order valence-corrected chi connectivity index (χ0v) is 34.3. The van der Waals surface area contributed by atoms with E-state index in [0.29, 0.717) is 11.3 Å². The largest absolute Gasteiger partial charge is 0.456 e. The fourth-order valence-corrected chi connectivity index (χ4v) is 10.9. The monoisotopic (exact) mass is 821 g/mol. The third-order valence-electron chi connectivity index (χ3n) is 13.5. The molecule has 0 fully saturated rings. The molecule has 0 radical (unpaired) electrons. The molecule has 5 heterocycles. The highest BCUT2D eigenvalue weighted by Crippen LogP contribution is 2.52. The minimum atomic E-state index is -0.171. The van der Waals surface area contributed by atoms with Crippen molar-refractivity contribution >= 4 is 87.7 Å². The lowest BCUT2D eigenvalue weighted by Crippen LogP contribution is -2.28. The van der Waals surface area contributed by atoms with Crippen molar-refractivity contribution in [3.63, 3.8) is 0 Å². The topological polar surface area (TPSA) is 69.1 Å². The van der Waals surface area contributed by atoms with Crippen LogP contribution in [0.25, 0.3) is 99.2 Å². The number of para-hydroxylation sites is 4. The number of rotatable bonds is 4. The van der Waals surface area contributed by atoms with E-state index in [-0.39, 0.29) is 17.5 Å². The van der Waals surface area contributed by atoms with Gasteiger partial charge in [0.15, 0.2) is 0 Å². The van der Waals surface area contributed by atoms with Gasteiger partial charge in [0.25, 0.3) is 5.56 Å². The lowest BCUT2D eigenvalue weighted by molar-refractivity contribution is 0.669. The molecule has 1 aliphatic carbocycles. The first-order valence-electron chi connectivity index (χ1n) is 21.7. The third kappa shape index (κ3) is 4.78. The van der Waals surface area contributed by atoms with Gasteiger partial charge in [0.05, 0.1) is 50.3 Å². The number of anilines is 2. The number of hydrogen-bond donors (Lipinski definition) is 0. The van der Waals surface area contributed by atoms with Crippen molar-refractivity contribution in [1.29, 1.82) is 0 Å². The summed E-state index contributed by atoms with van der Waals surface area (Å²) in [5.74, 6) is 0.292. The molecule has 12 aromatic rings. The normalized spacial score (nSPS) is 15.7. The number of hydrogen-bond acceptors (Lipinski definition) is 5. The summed E-state index contributed by atoms with van der Waals surface area (Å²) in [6.45, 7) is 0. The van der Waals surface area contributed by atoms with Crippen LogP contribution in [0, 0.1) is 0 Å². The maximum absolute atomic E-state index is 16.4. The highest BCUT2D eigenvalue weighted by molar-refractivity contribution is 6.26. The number of pyridine rings is 1. The summed E-state index contributed by atoms with van der Waals surface area (Å²) in [5.41, 5.74) is 10.9. The predicted octanol–water partition coefficient (Wildman–Crippen LogP) is 13.5. The van der Waals surface area contributed by atoms with E-state index < -0.39 is 0 Å². The van der Waals surface area contributed by atoms with E-state index in [2.05, 4.69) is 149 Å². The van der Waals surface area contributed by atoms with Gasteiger partial charge in [0.1, 0.15) is 11.2 Å². The summed E-state index contributed by atoms with van der Waals surface area (Å²) >= 11 is 0. The van der Waals surface area contributed by atoms with Crippen LogP contribution in [0.3, 0.4) is 0 Å². The molecule has 300 valence electrons. The first-order valence-corrected chi connectivity index (χ1v) is 21.7. The number of furan rings is 1. The highest BCUT2D eigenvalue weighted by Gasteiger charge is 2.40. The van der Waals surface area contributed by atoms with E-state index in [0.717, 1.165) is 105 Å². The number of benzene rings is 8. The van der Waals surface area contributed by atoms with E-state index in [1.807, 2.05) is 65.2 Å². The average Bonchev–Trinajstić information content (AvgIpc) is 4.02. The van der Waals surface area contributed by atoms with Gasteiger partial charge in [-0.25, -0.2) is 14.5 Å². The van der Waals surface area contributed by atoms with Crippen molar-refractivity contribution in [2.24, 2.45) is 0 Å². The average molecular weight is 822 g/mol. The van der Waals surface area contributed by atoms with E-state index in [1.165, 1.54) is 0 Å². The second-order valence-corrected chi connectivity index (χ2v) is 16.8. The third-order valence-corrected chi connectivity index (χ3v) is 13.5.